The monoisotopic (exact) mass is 329 g/mol. The van der Waals surface area contributed by atoms with E-state index in [1.54, 1.807) is 18.6 Å². The first-order valence-corrected chi connectivity index (χ1v) is 7.84. The number of fused-ring (bicyclic) bond motifs is 1. The summed E-state index contributed by atoms with van der Waals surface area (Å²) in [5, 5.41) is 11.7. The van der Waals surface area contributed by atoms with Crippen molar-refractivity contribution in [2.45, 2.75) is 6.92 Å². The third kappa shape index (κ3) is 2.97. The molecule has 0 bridgehead atoms. The molecule has 0 atom stereocenters. The lowest BCUT2D eigenvalue weighted by Crippen LogP contribution is -2.12. The van der Waals surface area contributed by atoms with Crippen molar-refractivity contribution in [1.82, 2.24) is 19.7 Å². The average molecular weight is 329 g/mol. The number of aryl methyl sites for hydroxylation is 1. The minimum absolute atomic E-state index is 0.164. The first-order valence-electron chi connectivity index (χ1n) is 7.84. The van der Waals surface area contributed by atoms with Crippen LogP contribution in [0.2, 0.25) is 0 Å². The summed E-state index contributed by atoms with van der Waals surface area (Å²) in [4.78, 5) is 16.8. The van der Waals surface area contributed by atoms with Gasteiger partial charge >= 0.3 is 0 Å². The van der Waals surface area contributed by atoms with E-state index in [1.807, 2.05) is 60.0 Å². The van der Waals surface area contributed by atoms with E-state index in [2.05, 4.69) is 20.5 Å². The fraction of sp³-hybridized carbons (Fsp3) is 0.0526. The Morgan fingerprint density at radius 2 is 2.00 bits per heavy atom. The summed E-state index contributed by atoms with van der Waals surface area (Å²) in [7, 11) is 0. The number of hydrogen-bond donors (Lipinski definition) is 1. The predicted molar refractivity (Wildman–Crippen MR) is 95.8 cm³/mol. The molecule has 0 aliphatic carbocycles. The van der Waals surface area contributed by atoms with Gasteiger partial charge in [-0.1, -0.05) is 12.1 Å². The van der Waals surface area contributed by atoms with E-state index >= 15 is 0 Å². The van der Waals surface area contributed by atoms with Gasteiger partial charge in [0.05, 0.1) is 11.2 Å². The standard InChI is InChI=1S/C19H15N5O/c1-13-23-21-12-24(13)17-6-2-5-16(11-17)22-19(25)15-7-8-18-14(10-15)4-3-9-20-18/h2-12H,1H3,(H,22,25). The minimum Gasteiger partial charge on any atom is -0.322 e. The maximum absolute atomic E-state index is 12.6. The van der Waals surface area contributed by atoms with Crippen LogP contribution in [-0.2, 0) is 0 Å². The van der Waals surface area contributed by atoms with Crippen molar-refractivity contribution in [2.75, 3.05) is 5.32 Å². The van der Waals surface area contributed by atoms with Crippen LogP contribution in [0, 0.1) is 6.92 Å². The molecule has 0 fully saturated rings. The molecule has 4 aromatic rings. The van der Waals surface area contributed by atoms with Crippen molar-refractivity contribution in [3.05, 3.63) is 78.5 Å². The molecule has 6 nitrogen and oxygen atoms in total. The first kappa shape index (κ1) is 15.0. The van der Waals surface area contributed by atoms with Crippen molar-refractivity contribution < 1.29 is 4.79 Å². The van der Waals surface area contributed by atoms with Gasteiger partial charge in [-0.15, -0.1) is 10.2 Å². The van der Waals surface area contributed by atoms with Crippen molar-refractivity contribution in [3.8, 4) is 5.69 Å². The fourth-order valence-corrected chi connectivity index (χ4v) is 2.70. The molecule has 6 heteroatoms. The van der Waals surface area contributed by atoms with Crippen LogP contribution < -0.4 is 5.32 Å². The van der Waals surface area contributed by atoms with Gasteiger partial charge in [-0.25, -0.2) is 0 Å². The highest BCUT2D eigenvalue weighted by atomic mass is 16.1. The molecule has 122 valence electrons. The zero-order chi connectivity index (χ0) is 17.2. The number of pyridine rings is 1. The number of carbonyl (C=O) groups excluding carboxylic acids is 1. The van der Waals surface area contributed by atoms with E-state index in [4.69, 9.17) is 0 Å². The normalized spacial score (nSPS) is 10.8. The second-order valence-electron chi connectivity index (χ2n) is 5.66. The van der Waals surface area contributed by atoms with Gasteiger partial charge in [0.25, 0.3) is 5.91 Å². The third-order valence-corrected chi connectivity index (χ3v) is 3.97. The van der Waals surface area contributed by atoms with Crippen LogP contribution in [0.5, 0.6) is 0 Å². The lowest BCUT2D eigenvalue weighted by molar-refractivity contribution is 0.102. The topological polar surface area (TPSA) is 72.7 Å². The highest BCUT2D eigenvalue weighted by Crippen LogP contribution is 2.18. The zero-order valence-corrected chi connectivity index (χ0v) is 13.5. The third-order valence-electron chi connectivity index (χ3n) is 3.97. The van der Waals surface area contributed by atoms with Crippen LogP contribution in [0.1, 0.15) is 16.2 Å². The Kier molecular flexibility index (Phi) is 3.70. The summed E-state index contributed by atoms with van der Waals surface area (Å²) < 4.78 is 1.86. The maximum atomic E-state index is 12.6. The molecule has 25 heavy (non-hydrogen) atoms. The van der Waals surface area contributed by atoms with Gasteiger partial charge in [-0.3, -0.25) is 14.3 Å². The molecule has 0 spiro atoms. The lowest BCUT2D eigenvalue weighted by atomic mass is 10.1. The Bertz CT molecular complexity index is 1070. The number of benzene rings is 2. The number of anilines is 1. The van der Waals surface area contributed by atoms with E-state index in [-0.39, 0.29) is 5.91 Å². The number of nitrogens with one attached hydrogen (secondary N) is 1. The molecule has 1 amide bonds. The van der Waals surface area contributed by atoms with E-state index in [9.17, 15) is 4.79 Å². The van der Waals surface area contributed by atoms with E-state index in [1.165, 1.54) is 0 Å². The highest BCUT2D eigenvalue weighted by molar-refractivity contribution is 6.06. The molecular weight excluding hydrogens is 314 g/mol. The minimum atomic E-state index is -0.164. The molecule has 2 aromatic heterocycles. The van der Waals surface area contributed by atoms with Gasteiger partial charge in [-0.05, 0) is 49.4 Å². The highest BCUT2D eigenvalue weighted by Gasteiger charge is 2.09. The summed E-state index contributed by atoms with van der Waals surface area (Å²) in [6, 6.07) is 16.8. The molecule has 0 aliphatic heterocycles. The largest absolute Gasteiger partial charge is 0.322 e. The van der Waals surface area contributed by atoms with Crippen LogP contribution >= 0.6 is 0 Å². The smallest absolute Gasteiger partial charge is 0.255 e. The molecule has 1 N–H and O–H groups in total. The molecular formula is C19H15N5O. The number of rotatable bonds is 3. The summed E-state index contributed by atoms with van der Waals surface area (Å²) in [6.45, 7) is 1.88. The van der Waals surface area contributed by atoms with Gasteiger partial charge in [0.2, 0.25) is 0 Å². The Morgan fingerprint density at radius 3 is 2.84 bits per heavy atom. The molecule has 0 unspecified atom stereocenters. The number of hydrogen-bond acceptors (Lipinski definition) is 4. The van der Waals surface area contributed by atoms with Gasteiger partial charge in [0, 0.05) is 22.8 Å². The van der Waals surface area contributed by atoms with E-state index in [0.29, 0.717) is 11.3 Å². The van der Waals surface area contributed by atoms with Gasteiger partial charge in [-0.2, -0.15) is 0 Å². The fourth-order valence-electron chi connectivity index (χ4n) is 2.70. The molecule has 2 aromatic carbocycles. The molecule has 0 radical (unpaired) electrons. The van der Waals surface area contributed by atoms with Gasteiger partial charge in [0.15, 0.2) is 0 Å². The van der Waals surface area contributed by atoms with Crippen molar-refractivity contribution in [3.63, 3.8) is 0 Å². The summed E-state index contributed by atoms with van der Waals surface area (Å²) >= 11 is 0. The summed E-state index contributed by atoms with van der Waals surface area (Å²) in [5.74, 6) is 0.619. The number of carbonyl (C=O) groups is 1. The van der Waals surface area contributed by atoms with E-state index < -0.39 is 0 Å². The predicted octanol–water partition coefficient (Wildman–Crippen LogP) is 3.38. The Morgan fingerprint density at radius 1 is 1.08 bits per heavy atom. The molecule has 4 rings (SSSR count). The zero-order valence-electron chi connectivity index (χ0n) is 13.5. The van der Waals surface area contributed by atoms with Crippen LogP contribution in [0.3, 0.4) is 0 Å². The molecule has 0 saturated heterocycles. The van der Waals surface area contributed by atoms with Crippen molar-refractivity contribution >= 4 is 22.5 Å². The summed E-state index contributed by atoms with van der Waals surface area (Å²) in [5.41, 5.74) is 3.06. The lowest BCUT2D eigenvalue weighted by Gasteiger charge is -2.09. The Hall–Kier alpha value is -3.54. The number of aromatic nitrogens is 4. The Labute approximate surface area is 144 Å². The molecule has 2 heterocycles. The molecule has 0 aliphatic rings. The van der Waals surface area contributed by atoms with Gasteiger partial charge in [0.1, 0.15) is 12.2 Å². The van der Waals surface area contributed by atoms with Crippen LogP contribution in [0.15, 0.2) is 67.1 Å². The second-order valence-corrected chi connectivity index (χ2v) is 5.66. The average Bonchev–Trinajstić information content (AvgIpc) is 3.07. The van der Waals surface area contributed by atoms with Gasteiger partial charge < -0.3 is 5.32 Å². The SMILES string of the molecule is Cc1nncn1-c1cccc(NC(=O)c2ccc3ncccc3c2)c1. The quantitative estimate of drug-likeness (QED) is 0.625. The van der Waals surface area contributed by atoms with Crippen LogP contribution in [0.4, 0.5) is 5.69 Å². The van der Waals surface area contributed by atoms with Crippen molar-refractivity contribution in [2.24, 2.45) is 0 Å². The maximum Gasteiger partial charge on any atom is 0.255 e. The number of nitrogens with zero attached hydrogens (tertiary/aromatic N) is 4. The summed E-state index contributed by atoms with van der Waals surface area (Å²) in [6.07, 6.45) is 3.38. The number of amides is 1. The van der Waals surface area contributed by atoms with Crippen LogP contribution in [-0.4, -0.2) is 25.7 Å². The first-order chi connectivity index (χ1) is 12.2. The second kappa shape index (κ2) is 6.16. The van der Waals surface area contributed by atoms with Crippen LogP contribution in [0.25, 0.3) is 16.6 Å². The molecule has 0 saturated carbocycles. The van der Waals surface area contributed by atoms with Crippen molar-refractivity contribution in [1.29, 1.82) is 0 Å². The Balaban J connectivity index is 1.61. The van der Waals surface area contributed by atoms with E-state index in [0.717, 1.165) is 22.4 Å².